The summed E-state index contributed by atoms with van der Waals surface area (Å²) in [7, 11) is 0. The Hall–Kier alpha value is -5.40. The van der Waals surface area contributed by atoms with Gasteiger partial charge in [-0.1, -0.05) is 150 Å². The Morgan fingerprint density at radius 3 is 1.22 bits per heavy atom. The molecule has 6 aromatic carbocycles. The van der Waals surface area contributed by atoms with Crippen LogP contribution in [0.2, 0.25) is 0 Å². The number of anilines is 3. The Labute approximate surface area is 274 Å². The van der Waals surface area contributed by atoms with Crippen LogP contribution >= 0.6 is 0 Å². The Morgan fingerprint density at radius 2 is 0.761 bits per heavy atom. The molecule has 0 bridgehead atoms. The van der Waals surface area contributed by atoms with E-state index in [9.17, 15) is 0 Å². The van der Waals surface area contributed by atoms with Crippen LogP contribution in [0.1, 0.15) is 50.1 Å². The van der Waals surface area contributed by atoms with Crippen LogP contribution < -0.4 is 4.90 Å². The molecule has 0 amide bonds. The lowest BCUT2D eigenvalue weighted by molar-refractivity contribution is 0.958. The van der Waals surface area contributed by atoms with E-state index in [0.29, 0.717) is 0 Å². The zero-order valence-corrected chi connectivity index (χ0v) is 27.0. The summed E-state index contributed by atoms with van der Waals surface area (Å²) in [6, 6.07) is 52.7. The first-order chi connectivity index (χ1) is 22.5. The number of nitrogens with zero attached hydrogens (tertiary/aromatic N) is 1. The maximum Gasteiger partial charge on any atom is 0.0462 e. The van der Waals surface area contributed by atoms with Gasteiger partial charge in [0.25, 0.3) is 0 Å². The highest BCUT2D eigenvalue weighted by atomic mass is 15.1. The van der Waals surface area contributed by atoms with Crippen LogP contribution in [0.4, 0.5) is 17.1 Å². The molecule has 226 valence electrons. The smallest absolute Gasteiger partial charge is 0.0462 e. The molecule has 6 rings (SSSR count). The molecule has 0 fully saturated rings. The molecule has 0 atom stereocenters. The molecule has 0 aliphatic rings. The molecule has 0 spiro atoms. The topological polar surface area (TPSA) is 3.24 Å². The molecular formula is C45H41N. The maximum absolute atomic E-state index is 2.34. The van der Waals surface area contributed by atoms with Crippen molar-refractivity contribution in [2.24, 2.45) is 0 Å². The first-order valence-electron chi connectivity index (χ1n) is 16.1. The summed E-state index contributed by atoms with van der Waals surface area (Å²) in [5, 5.41) is 0. The molecule has 1 nitrogen and oxygen atoms in total. The SMILES string of the molecule is Cc1cccc(/C=C/c2ccc(N(c3ccc(/C=C/c4cccc(C)c4)cc3)c3ccc(CCc4cccc(C)c4)cc3)cc2)c1. The highest BCUT2D eigenvalue weighted by Gasteiger charge is 2.13. The Balaban J connectivity index is 1.25. The van der Waals surface area contributed by atoms with Crippen LogP contribution in [-0.4, -0.2) is 0 Å². The Morgan fingerprint density at radius 1 is 0.370 bits per heavy atom. The fourth-order valence-electron chi connectivity index (χ4n) is 5.82. The van der Waals surface area contributed by atoms with Gasteiger partial charge >= 0.3 is 0 Å². The van der Waals surface area contributed by atoms with Gasteiger partial charge < -0.3 is 4.90 Å². The van der Waals surface area contributed by atoms with E-state index in [1.165, 1.54) is 50.1 Å². The third-order valence-corrected chi connectivity index (χ3v) is 8.30. The highest BCUT2D eigenvalue weighted by molar-refractivity contribution is 5.79. The van der Waals surface area contributed by atoms with Gasteiger partial charge in [0.1, 0.15) is 0 Å². The lowest BCUT2D eigenvalue weighted by atomic mass is 10.0. The number of rotatable bonds is 10. The molecule has 0 saturated carbocycles. The first-order valence-corrected chi connectivity index (χ1v) is 16.1. The van der Waals surface area contributed by atoms with E-state index in [1.807, 2.05) is 0 Å². The van der Waals surface area contributed by atoms with E-state index >= 15 is 0 Å². The number of hydrogen-bond donors (Lipinski definition) is 0. The Bertz CT molecular complexity index is 1840. The first kappa shape index (κ1) is 30.6. The molecule has 0 unspecified atom stereocenters. The van der Waals surface area contributed by atoms with Gasteiger partial charge in [0.05, 0.1) is 0 Å². The van der Waals surface area contributed by atoms with Gasteiger partial charge in [-0.15, -0.1) is 0 Å². The summed E-state index contributed by atoms with van der Waals surface area (Å²) in [6.07, 6.45) is 10.8. The van der Waals surface area contributed by atoms with E-state index in [1.54, 1.807) is 0 Å². The molecule has 6 aromatic rings. The van der Waals surface area contributed by atoms with Gasteiger partial charge in [0.15, 0.2) is 0 Å². The van der Waals surface area contributed by atoms with E-state index in [-0.39, 0.29) is 0 Å². The van der Waals surface area contributed by atoms with Gasteiger partial charge in [-0.2, -0.15) is 0 Å². The minimum Gasteiger partial charge on any atom is -0.311 e. The van der Waals surface area contributed by atoms with E-state index in [0.717, 1.165) is 29.9 Å². The summed E-state index contributed by atoms with van der Waals surface area (Å²) in [5.74, 6) is 0. The summed E-state index contributed by atoms with van der Waals surface area (Å²) in [4.78, 5) is 2.34. The normalized spacial score (nSPS) is 11.4. The van der Waals surface area contributed by atoms with Crippen molar-refractivity contribution >= 4 is 41.4 Å². The van der Waals surface area contributed by atoms with Crippen molar-refractivity contribution < 1.29 is 0 Å². The molecule has 1 heteroatoms. The predicted molar refractivity (Wildman–Crippen MR) is 200 cm³/mol. The molecule has 0 radical (unpaired) electrons. The van der Waals surface area contributed by atoms with E-state index < -0.39 is 0 Å². The lowest BCUT2D eigenvalue weighted by Crippen LogP contribution is -2.10. The lowest BCUT2D eigenvalue weighted by Gasteiger charge is -2.26. The molecule has 0 saturated heterocycles. The zero-order valence-electron chi connectivity index (χ0n) is 27.0. The van der Waals surface area contributed by atoms with E-state index in [2.05, 4.69) is 196 Å². The average molecular weight is 596 g/mol. The van der Waals surface area contributed by atoms with Gasteiger partial charge in [-0.3, -0.25) is 0 Å². The van der Waals surface area contributed by atoms with Crippen molar-refractivity contribution in [1.29, 1.82) is 0 Å². The van der Waals surface area contributed by atoms with Crippen molar-refractivity contribution in [2.75, 3.05) is 4.90 Å². The molecule has 0 N–H and O–H groups in total. The molecule has 46 heavy (non-hydrogen) atoms. The summed E-state index contributed by atoms with van der Waals surface area (Å²) >= 11 is 0. The Kier molecular flexibility index (Phi) is 9.71. The van der Waals surface area contributed by atoms with Crippen molar-refractivity contribution in [3.05, 3.63) is 196 Å². The second kappa shape index (κ2) is 14.6. The minimum atomic E-state index is 1.02. The molecule has 0 aliphatic heterocycles. The zero-order chi connectivity index (χ0) is 31.7. The van der Waals surface area contributed by atoms with Crippen LogP contribution in [0.15, 0.2) is 146 Å². The van der Waals surface area contributed by atoms with Gasteiger partial charge in [0, 0.05) is 17.1 Å². The second-order valence-electron chi connectivity index (χ2n) is 12.2. The highest BCUT2D eigenvalue weighted by Crippen LogP contribution is 2.35. The molecular weight excluding hydrogens is 555 g/mol. The maximum atomic E-state index is 2.34. The largest absolute Gasteiger partial charge is 0.311 e. The van der Waals surface area contributed by atoms with Crippen LogP contribution in [0, 0.1) is 20.8 Å². The van der Waals surface area contributed by atoms with E-state index in [4.69, 9.17) is 0 Å². The van der Waals surface area contributed by atoms with Crippen molar-refractivity contribution in [1.82, 2.24) is 0 Å². The van der Waals surface area contributed by atoms with Crippen molar-refractivity contribution in [3.63, 3.8) is 0 Å². The third-order valence-electron chi connectivity index (χ3n) is 8.30. The van der Waals surface area contributed by atoms with Gasteiger partial charge in [-0.05, 0) is 103 Å². The standard InChI is InChI=1S/C45H41N/c1-34-7-4-10-40(31-34)16-13-37-19-25-43(26-20-37)46(44-27-21-38(22-28-44)14-17-41-11-5-8-35(2)32-41)45-29-23-39(24-30-45)15-18-42-12-6-9-36(3)33-42/h4-14,16-17,19-33H,15,18H2,1-3H3/b16-13+,17-14+. The average Bonchev–Trinajstić information content (AvgIpc) is 3.07. The summed E-state index contributed by atoms with van der Waals surface area (Å²) < 4.78 is 0. The van der Waals surface area contributed by atoms with Crippen molar-refractivity contribution in [2.45, 2.75) is 33.6 Å². The second-order valence-corrected chi connectivity index (χ2v) is 12.2. The quantitative estimate of drug-likeness (QED) is 0.142. The van der Waals surface area contributed by atoms with Gasteiger partial charge in [0.2, 0.25) is 0 Å². The van der Waals surface area contributed by atoms with Gasteiger partial charge in [-0.25, -0.2) is 0 Å². The van der Waals surface area contributed by atoms with Crippen LogP contribution in [0.25, 0.3) is 24.3 Å². The van der Waals surface area contributed by atoms with Crippen LogP contribution in [-0.2, 0) is 12.8 Å². The fraction of sp³-hybridized carbons (Fsp3) is 0.111. The summed E-state index contributed by atoms with van der Waals surface area (Å²) in [5.41, 5.74) is 14.8. The minimum absolute atomic E-state index is 1.02. The number of aryl methyl sites for hydroxylation is 5. The fourth-order valence-corrected chi connectivity index (χ4v) is 5.82. The number of hydrogen-bond acceptors (Lipinski definition) is 1. The van der Waals surface area contributed by atoms with Crippen LogP contribution in [0.3, 0.4) is 0 Å². The summed E-state index contributed by atoms with van der Waals surface area (Å²) in [6.45, 7) is 6.42. The third kappa shape index (κ3) is 8.20. The molecule has 0 heterocycles. The molecule has 0 aliphatic carbocycles. The van der Waals surface area contributed by atoms with Crippen LogP contribution in [0.5, 0.6) is 0 Å². The van der Waals surface area contributed by atoms with Crippen molar-refractivity contribution in [3.8, 4) is 0 Å². The predicted octanol–water partition coefficient (Wildman–Crippen LogP) is 12.2. The molecule has 0 aromatic heterocycles. The number of benzene rings is 6. The monoisotopic (exact) mass is 595 g/mol.